The maximum absolute atomic E-state index is 10.5. The highest BCUT2D eigenvalue weighted by Crippen LogP contribution is 2.23. The molecule has 2 heteroatoms. The van der Waals surface area contributed by atoms with Crippen LogP contribution in [0.25, 0.3) is 0 Å². The van der Waals surface area contributed by atoms with Crippen molar-refractivity contribution < 1.29 is 9.90 Å². The van der Waals surface area contributed by atoms with E-state index in [0.717, 1.165) is 12.8 Å². The Bertz CT molecular complexity index is 1450. The molecule has 0 atom stereocenters. The fourth-order valence-electron chi connectivity index (χ4n) is 17.0. The van der Waals surface area contributed by atoms with Crippen LogP contribution in [0.5, 0.6) is 0 Å². The van der Waals surface area contributed by atoms with Crippen molar-refractivity contribution in [1.82, 2.24) is 0 Å². The second-order valence-corrected chi connectivity index (χ2v) is 34.8. The molecule has 0 aliphatic carbocycles. The summed E-state index contributed by atoms with van der Waals surface area (Å²) < 4.78 is 0. The molecule has 0 bridgehead atoms. The zero-order chi connectivity index (χ0) is 72.9. The number of rotatable bonds is 97. The molecule has 0 unspecified atom stereocenters. The molecule has 0 fully saturated rings. The first-order valence-corrected chi connectivity index (χ1v) is 49.7. The average molecular weight is 1430 g/mol. The summed E-state index contributed by atoms with van der Waals surface area (Å²) in [6.45, 7) is 2.32. The first kappa shape index (κ1) is 101. The van der Waals surface area contributed by atoms with Crippen LogP contribution >= 0.6 is 0 Å². The predicted octanol–water partition coefficient (Wildman–Crippen LogP) is 38.1. The molecule has 0 saturated heterocycles. The van der Waals surface area contributed by atoms with Gasteiger partial charge in [0.05, 0.1) is 0 Å². The van der Waals surface area contributed by atoms with Crippen molar-refractivity contribution in [2.75, 3.05) is 0 Å². The Morgan fingerprint density at radius 1 is 0.147 bits per heavy atom. The van der Waals surface area contributed by atoms with E-state index < -0.39 is 5.97 Å². The van der Waals surface area contributed by atoms with Crippen LogP contribution in [0.4, 0.5) is 0 Å². The number of carbonyl (C=O) groups is 1. The third-order valence-corrected chi connectivity index (χ3v) is 24.2. The molecular formula is C100H198O2. The monoisotopic (exact) mass is 1430 g/mol. The topological polar surface area (TPSA) is 37.3 Å². The fourth-order valence-corrected chi connectivity index (χ4v) is 17.0. The third kappa shape index (κ3) is 99.2. The van der Waals surface area contributed by atoms with E-state index in [0.29, 0.717) is 0 Å². The van der Waals surface area contributed by atoms with E-state index in [9.17, 15) is 4.79 Å². The minimum atomic E-state index is -0.825. The minimum absolute atomic E-state index is 0.825. The Kier molecular flexibility index (Phi) is 97.5. The molecule has 610 valence electrons. The summed E-state index contributed by atoms with van der Waals surface area (Å²) in [6.07, 6.45) is 144. The van der Waals surface area contributed by atoms with E-state index in [2.05, 4.69) is 6.92 Å². The van der Waals surface area contributed by atoms with Crippen LogP contribution in [0.1, 0.15) is 623 Å². The van der Waals surface area contributed by atoms with Gasteiger partial charge in [0, 0.05) is 6.08 Å². The van der Waals surface area contributed by atoms with Crippen LogP contribution in [0.15, 0.2) is 12.2 Å². The highest BCUT2D eigenvalue weighted by Gasteiger charge is 2.04. The minimum Gasteiger partial charge on any atom is -0.478 e. The standard InChI is InChI=1S/C100H198O2/c1-2-3-4-5-6-7-8-9-10-11-12-13-14-15-16-17-18-19-20-21-22-23-24-25-26-27-28-29-30-31-32-33-34-35-36-37-38-39-40-41-42-43-44-45-46-47-48-49-50-51-52-53-54-55-56-57-58-59-60-61-62-63-64-65-66-67-68-69-70-71-72-73-74-75-76-77-78-79-80-81-82-83-84-85-86-87-88-89-90-91-92-93-94-95-96-97-98-99-100(101)102/h98-99H,2-97H2,1H3,(H,101,102). The Labute approximate surface area is 647 Å². The average Bonchev–Trinajstić information content (AvgIpc) is 3.66. The Hall–Kier alpha value is -0.790. The summed E-state index contributed by atoms with van der Waals surface area (Å²) in [5, 5.41) is 8.62. The lowest BCUT2D eigenvalue weighted by Gasteiger charge is -2.05. The summed E-state index contributed by atoms with van der Waals surface area (Å²) in [5.41, 5.74) is 0. The maximum atomic E-state index is 10.5. The SMILES string of the molecule is CCCCCCCCCCCCCCCCCCCCCCCCCCCCCCCCCCCCCCCCCCCCCCCCCCCCCCCCCCCCCCCCCCCCCCCCCCCCCCCCCCCCCCCCCCCCCCCCCC=CC(=O)O. The number of unbranched alkanes of at least 4 members (excludes halogenated alkanes) is 95. The van der Waals surface area contributed by atoms with Crippen molar-refractivity contribution in [3.8, 4) is 0 Å². The second kappa shape index (κ2) is 98.2. The van der Waals surface area contributed by atoms with Gasteiger partial charge in [-0.15, -0.1) is 0 Å². The van der Waals surface area contributed by atoms with Crippen LogP contribution in [-0.4, -0.2) is 11.1 Å². The van der Waals surface area contributed by atoms with Crippen LogP contribution in [0.2, 0.25) is 0 Å². The molecule has 0 aliphatic rings. The van der Waals surface area contributed by atoms with Gasteiger partial charge in [0.1, 0.15) is 0 Å². The number of aliphatic carboxylic acids is 1. The maximum Gasteiger partial charge on any atom is 0.327 e. The van der Waals surface area contributed by atoms with Crippen LogP contribution in [0, 0.1) is 0 Å². The lowest BCUT2D eigenvalue weighted by atomic mass is 10.0. The highest BCUT2D eigenvalue weighted by molar-refractivity contribution is 5.79. The van der Waals surface area contributed by atoms with E-state index in [4.69, 9.17) is 5.11 Å². The molecule has 0 heterocycles. The van der Waals surface area contributed by atoms with E-state index in [1.165, 1.54) is 610 Å². The smallest absolute Gasteiger partial charge is 0.327 e. The molecule has 0 spiro atoms. The fraction of sp³-hybridized carbons (Fsp3) is 0.970. The molecule has 0 aromatic rings. The quantitative estimate of drug-likeness (QED) is 0.0487. The van der Waals surface area contributed by atoms with Gasteiger partial charge < -0.3 is 5.11 Å². The molecular weight excluding hydrogens is 1230 g/mol. The van der Waals surface area contributed by atoms with Gasteiger partial charge in [0.2, 0.25) is 0 Å². The normalized spacial score (nSPS) is 11.9. The number of allylic oxidation sites excluding steroid dienone is 1. The second-order valence-electron chi connectivity index (χ2n) is 34.8. The number of hydrogen-bond donors (Lipinski definition) is 1. The lowest BCUT2D eigenvalue weighted by Crippen LogP contribution is -1.86. The Morgan fingerprint density at radius 2 is 0.225 bits per heavy atom. The first-order chi connectivity index (χ1) is 50.8. The van der Waals surface area contributed by atoms with Crippen molar-refractivity contribution in [2.24, 2.45) is 0 Å². The van der Waals surface area contributed by atoms with E-state index in [-0.39, 0.29) is 0 Å². The van der Waals surface area contributed by atoms with Gasteiger partial charge in [-0.05, 0) is 12.8 Å². The van der Waals surface area contributed by atoms with Gasteiger partial charge in [-0.2, -0.15) is 0 Å². The largest absolute Gasteiger partial charge is 0.478 e. The summed E-state index contributed by atoms with van der Waals surface area (Å²) in [6, 6.07) is 0. The Balaban J connectivity index is 3.10. The Morgan fingerprint density at radius 3 is 0.304 bits per heavy atom. The molecule has 1 N–H and O–H groups in total. The summed E-state index contributed by atoms with van der Waals surface area (Å²) in [5.74, 6) is -0.825. The zero-order valence-electron chi connectivity index (χ0n) is 71.4. The third-order valence-electron chi connectivity index (χ3n) is 24.2. The van der Waals surface area contributed by atoms with Crippen LogP contribution < -0.4 is 0 Å². The summed E-state index contributed by atoms with van der Waals surface area (Å²) >= 11 is 0. The van der Waals surface area contributed by atoms with E-state index in [1.54, 1.807) is 6.08 Å². The molecule has 0 amide bonds. The molecule has 0 aromatic carbocycles. The van der Waals surface area contributed by atoms with Crippen molar-refractivity contribution in [3.63, 3.8) is 0 Å². The van der Waals surface area contributed by atoms with E-state index >= 15 is 0 Å². The van der Waals surface area contributed by atoms with Crippen molar-refractivity contribution in [1.29, 1.82) is 0 Å². The predicted molar refractivity (Wildman–Crippen MR) is 466 cm³/mol. The van der Waals surface area contributed by atoms with Gasteiger partial charge in [0.25, 0.3) is 0 Å². The molecule has 0 aromatic heterocycles. The molecule has 0 aliphatic heterocycles. The van der Waals surface area contributed by atoms with Crippen molar-refractivity contribution >= 4 is 5.97 Å². The molecule has 0 rings (SSSR count). The molecule has 0 radical (unpaired) electrons. The molecule has 2 nitrogen and oxygen atoms in total. The van der Waals surface area contributed by atoms with Crippen molar-refractivity contribution in [2.45, 2.75) is 623 Å². The van der Waals surface area contributed by atoms with Crippen molar-refractivity contribution in [3.05, 3.63) is 12.2 Å². The summed E-state index contributed by atoms with van der Waals surface area (Å²) in [4.78, 5) is 10.5. The van der Waals surface area contributed by atoms with Gasteiger partial charge in [-0.25, -0.2) is 4.79 Å². The number of hydrogen-bond acceptors (Lipinski definition) is 1. The zero-order valence-corrected chi connectivity index (χ0v) is 71.4. The van der Waals surface area contributed by atoms with E-state index in [1.807, 2.05) is 0 Å². The number of carboxylic acid groups (broad SMARTS) is 1. The van der Waals surface area contributed by atoms with Gasteiger partial charge in [0.15, 0.2) is 0 Å². The molecule has 102 heavy (non-hydrogen) atoms. The highest BCUT2D eigenvalue weighted by atomic mass is 16.4. The van der Waals surface area contributed by atoms with Gasteiger partial charge >= 0.3 is 5.97 Å². The lowest BCUT2D eigenvalue weighted by molar-refractivity contribution is -0.131. The van der Waals surface area contributed by atoms with Gasteiger partial charge in [-0.1, -0.05) is 617 Å². The first-order valence-electron chi connectivity index (χ1n) is 49.7. The van der Waals surface area contributed by atoms with Crippen LogP contribution in [-0.2, 0) is 4.79 Å². The van der Waals surface area contributed by atoms with Crippen LogP contribution in [0.3, 0.4) is 0 Å². The molecule has 0 saturated carbocycles. The number of carboxylic acids is 1. The summed E-state index contributed by atoms with van der Waals surface area (Å²) in [7, 11) is 0. The van der Waals surface area contributed by atoms with Gasteiger partial charge in [-0.3, -0.25) is 0 Å².